The Balaban J connectivity index is 1.29. The van der Waals surface area contributed by atoms with E-state index in [1.165, 1.54) is 29.5 Å². The molecule has 1 N–H and O–H groups in total. The molecule has 1 atom stereocenters. The lowest BCUT2D eigenvalue weighted by molar-refractivity contribution is 0.0911. The van der Waals surface area contributed by atoms with Gasteiger partial charge in [0.25, 0.3) is 5.56 Å². The Morgan fingerprint density at radius 2 is 1.72 bits per heavy atom. The second kappa shape index (κ2) is 9.36. The van der Waals surface area contributed by atoms with Crippen molar-refractivity contribution in [3.8, 4) is 0 Å². The number of halogens is 1. The van der Waals surface area contributed by atoms with Crippen molar-refractivity contribution in [2.24, 2.45) is 0 Å². The molecule has 0 amide bonds. The first-order valence-corrected chi connectivity index (χ1v) is 12.0. The molecule has 5 rings (SSSR count). The van der Waals surface area contributed by atoms with Gasteiger partial charge in [-0.25, -0.2) is 0 Å². The van der Waals surface area contributed by atoms with E-state index in [2.05, 4.69) is 34.1 Å². The summed E-state index contributed by atoms with van der Waals surface area (Å²) in [5, 5.41) is 12.7. The van der Waals surface area contributed by atoms with Crippen LogP contribution in [0.2, 0.25) is 5.02 Å². The van der Waals surface area contributed by atoms with E-state index in [4.69, 9.17) is 11.6 Å². The highest BCUT2D eigenvalue weighted by Gasteiger charge is 2.20. The molecule has 0 spiro atoms. The summed E-state index contributed by atoms with van der Waals surface area (Å²) in [4.78, 5) is 17.8. The number of rotatable bonds is 6. The number of aliphatic hydroxyl groups excluding tert-OH is 1. The van der Waals surface area contributed by atoms with Gasteiger partial charge in [0.2, 0.25) is 0 Å². The standard InChI is InChI=1S/C26H30ClN3O2/c27-25-18-30(17-22(31)16-29-12-9-20-5-1-2-6-21(20)15-29)26(32)23-8-7-19(13-24(23)25)14-28-10-3-4-11-28/h1-2,5-8,13,18,22,31H,3-4,9-12,14-17H2/t22-/m1/s1. The van der Waals surface area contributed by atoms with Crippen LogP contribution in [0, 0.1) is 0 Å². The number of nitrogens with zero attached hydrogens (tertiary/aromatic N) is 3. The number of pyridine rings is 1. The number of aromatic nitrogens is 1. The quantitative estimate of drug-likeness (QED) is 0.621. The maximum absolute atomic E-state index is 13.1. The average molecular weight is 452 g/mol. The molecule has 1 saturated heterocycles. The molecule has 32 heavy (non-hydrogen) atoms. The minimum Gasteiger partial charge on any atom is -0.390 e. The SMILES string of the molecule is O=c1c2ccc(CN3CCCC3)cc2c(Cl)cn1C[C@H](O)CN1CCc2ccccc2C1. The van der Waals surface area contributed by atoms with Gasteiger partial charge in [-0.1, -0.05) is 41.9 Å². The van der Waals surface area contributed by atoms with E-state index in [0.717, 1.165) is 44.5 Å². The van der Waals surface area contributed by atoms with E-state index in [9.17, 15) is 9.90 Å². The predicted molar refractivity (Wildman–Crippen MR) is 129 cm³/mol. The average Bonchev–Trinajstić information content (AvgIpc) is 3.30. The zero-order chi connectivity index (χ0) is 22.1. The molecule has 168 valence electrons. The van der Waals surface area contributed by atoms with Gasteiger partial charge in [-0.15, -0.1) is 0 Å². The molecule has 0 unspecified atom stereocenters. The predicted octanol–water partition coefficient (Wildman–Crippen LogP) is 3.67. The Hall–Kier alpha value is -2.18. The maximum atomic E-state index is 13.1. The van der Waals surface area contributed by atoms with Gasteiger partial charge in [-0.05, 0) is 61.2 Å². The topological polar surface area (TPSA) is 48.7 Å². The van der Waals surface area contributed by atoms with E-state index in [1.54, 1.807) is 10.8 Å². The van der Waals surface area contributed by atoms with Crippen molar-refractivity contribution in [2.45, 2.75) is 45.0 Å². The van der Waals surface area contributed by atoms with Crippen LogP contribution in [0.4, 0.5) is 0 Å². The monoisotopic (exact) mass is 451 g/mol. The summed E-state index contributed by atoms with van der Waals surface area (Å²) in [6.07, 6.45) is 4.54. The van der Waals surface area contributed by atoms with Crippen molar-refractivity contribution in [1.82, 2.24) is 14.4 Å². The first-order valence-electron chi connectivity index (χ1n) is 11.6. The van der Waals surface area contributed by atoms with Crippen molar-refractivity contribution < 1.29 is 5.11 Å². The van der Waals surface area contributed by atoms with Crippen LogP contribution in [0.25, 0.3) is 10.8 Å². The molecular formula is C26H30ClN3O2. The van der Waals surface area contributed by atoms with Gasteiger partial charge >= 0.3 is 0 Å². The van der Waals surface area contributed by atoms with Crippen molar-refractivity contribution >= 4 is 22.4 Å². The molecule has 6 heteroatoms. The summed E-state index contributed by atoms with van der Waals surface area (Å²) in [5.41, 5.74) is 3.80. The van der Waals surface area contributed by atoms with Gasteiger partial charge in [0.15, 0.2) is 0 Å². The fourth-order valence-corrected chi connectivity index (χ4v) is 5.40. The molecule has 0 aliphatic carbocycles. The van der Waals surface area contributed by atoms with Crippen LogP contribution in [0.1, 0.15) is 29.5 Å². The third-order valence-electron chi connectivity index (χ3n) is 6.79. The van der Waals surface area contributed by atoms with Crippen molar-refractivity contribution in [2.75, 3.05) is 26.2 Å². The minimum absolute atomic E-state index is 0.0971. The second-order valence-electron chi connectivity index (χ2n) is 9.21. The molecule has 0 radical (unpaired) electrons. The Kier molecular flexibility index (Phi) is 6.33. The zero-order valence-electron chi connectivity index (χ0n) is 18.3. The normalized spacial score (nSPS) is 18.2. The van der Waals surface area contributed by atoms with Crippen LogP contribution in [0.15, 0.2) is 53.5 Å². The lowest BCUT2D eigenvalue weighted by atomic mass is 10.00. The van der Waals surface area contributed by atoms with E-state index >= 15 is 0 Å². The van der Waals surface area contributed by atoms with Crippen LogP contribution >= 0.6 is 11.6 Å². The lowest BCUT2D eigenvalue weighted by Crippen LogP contribution is -2.39. The highest BCUT2D eigenvalue weighted by Crippen LogP contribution is 2.24. The number of fused-ring (bicyclic) bond motifs is 2. The number of likely N-dealkylation sites (tertiary alicyclic amines) is 1. The van der Waals surface area contributed by atoms with E-state index in [0.29, 0.717) is 17.0 Å². The number of benzene rings is 2. The van der Waals surface area contributed by atoms with Crippen molar-refractivity contribution in [1.29, 1.82) is 0 Å². The largest absolute Gasteiger partial charge is 0.390 e. The molecule has 2 aliphatic heterocycles. The summed E-state index contributed by atoms with van der Waals surface area (Å²) < 4.78 is 1.56. The molecule has 0 saturated carbocycles. The first kappa shape index (κ1) is 21.7. The summed E-state index contributed by atoms with van der Waals surface area (Å²) in [6, 6.07) is 14.4. The number of β-amino-alcohol motifs (C(OH)–C–C–N with tert-alkyl or cyclic N) is 1. The van der Waals surface area contributed by atoms with Gasteiger partial charge in [0, 0.05) is 43.1 Å². The molecule has 3 aromatic rings. The Morgan fingerprint density at radius 3 is 2.53 bits per heavy atom. The summed E-state index contributed by atoms with van der Waals surface area (Å²) in [7, 11) is 0. The van der Waals surface area contributed by atoms with Crippen LogP contribution < -0.4 is 5.56 Å². The highest BCUT2D eigenvalue weighted by atomic mass is 35.5. The molecule has 2 aliphatic rings. The molecule has 2 aromatic carbocycles. The Labute approximate surface area is 193 Å². The summed E-state index contributed by atoms with van der Waals surface area (Å²) in [5.74, 6) is 0. The molecule has 1 fully saturated rings. The van der Waals surface area contributed by atoms with Gasteiger partial charge in [0.1, 0.15) is 0 Å². The highest BCUT2D eigenvalue weighted by molar-refractivity contribution is 6.35. The maximum Gasteiger partial charge on any atom is 0.258 e. The zero-order valence-corrected chi connectivity index (χ0v) is 19.1. The number of hydrogen-bond acceptors (Lipinski definition) is 4. The molecule has 5 nitrogen and oxygen atoms in total. The second-order valence-corrected chi connectivity index (χ2v) is 9.61. The number of hydrogen-bond donors (Lipinski definition) is 1. The summed E-state index contributed by atoms with van der Waals surface area (Å²) >= 11 is 6.59. The van der Waals surface area contributed by atoms with Gasteiger partial charge in [-0.2, -0.15) is 0 Å². The smallest absolute Gasteiger partial charge is 0.258 e. The lowest BCUT2D eigenvalue weighted by Gasteiger charge is -2.30. The van der Waals surface area contributed by atoms with Crippen LogP contribution in [0.3, 0.4) is 0 Å². The third-order valence-corrected chi connectivity index (χ3v) is 7.09. The minimum atomic E-state index is -0.638. The van der Waals surface area contributed by atoms with Crippen molar-refractivity contribution in [3.63, 3.8) is 0 Å². The van der Waals surface area contributed by atoms with E-state index < -0.39 is 6.10 Å². The fourth-order valence-electron chi connectivity index (χ4n) is 5.12. The molecule has 0 bridgehead atoms. The van der Waals surface area contributed by atoms with Crippen LogP contribution in [-0.2, 0) is 26.1 Å². The van der Waals surface area contributed by atoms with Gasteiger partial charge < -0.3 is 9.67 Å². The Bertz CT molecular complexity index is 1170. The molecular weight excluding hydrogens is 422 g/mol. The van der Waals surface area contributed by atoms with Crippen LogP contribution in [-0.4, -0.2) is 51.8 Å². The fraction of sp³-hybridized carbons (Fsp3) is 0.423. The van der Waals surface area contributed by atoms with Crippen LogP contribution in [0.5, 0.6) is 0 Å². The number of aliphatic hydroxyl groups is 1. The van der Waals surface area contributed by atoms with Crippen molar-refractivity contribution in [3.05, 3.63) is 80.7 Å². The third kappa shape index (κ3) is 4.62. The molecule has 1 aromatic heterocycles. The van der Waals surface area contributed by atoms with E-state index in [-0.39, 0.29) is 12.1 Å². The summed E-state index contributed by atoms with van der Waals surface area (Å²) in [6.45, 7) is 5.68. The van der Waals surface area contributed by atoms with Gasteiger partial charge in [0.05, 0.1) is 17.7 Å². The Morgan fingerprint density at radius 1 is 0.938 bits per heavy atom. The van der Waals surface area contributed by atoms with E-state index in [1.807, 2.05) is 18.2 Å². The molecule has 3 heterocycles. The van der Waals surface area contributed by atoms with Gasteiger partial charge in [-0.3, -0.25) is 14.6 Å². The first-order chi connectivity index (χ1) is 15.6.